The van der Waals surface area contributed by atoms with Crippen molar-refractivity contribution in [3.63, 3.8) is 0 Å². The van der Waals surface area contributed by atoms with Gasteiger partial charge in [-0.2, -0.15) is 0 Å². The Bertz CT molecular complexity index is 772. The molecule has 0 unspecified atom stereocenters. The van der Waals surface area contributed by atoms with E-state index in [4.69, 9.17) is 4.74 Å². The van der Waals surface area contributed by atoms with Gasteiger partial charge in [-0.3, -0.25) is 14.9 Å². The summed E-state index contributed by atoms with van der Waals surface area (Å²) in [7, 11) is 0. The van der Waals surface area contributed by atoms with E-state index in [0.29, 0.717) is 28.8 Å². The molecule has 0 saturated carbocycles. The van der Waals surface area contributed by atoms with E-state index in [9.17, 15) is 14.9 Å². The Morgan fingerprint density at radius 2 is 2.17 bits per heavy atom. The largest absolute Gasteiger partial charge is 0.381 e. The number of ether oxygens (including phenoxy) is 1. The summed E-state index contributed by atoms with van der Waals surface area (Å²) in [6, 6.07) is 4.53. The molecule has 0 aliphatic carbocycles. The number of rotatable bonds is 5. The van der Waals surface area contributed by atoms with Crippen LogP contribution in [-0.2, 0) is 4.74 Å². The number of benzene rings is 1. The lowest BCUT2D eigenvalue weighted by molar-refractivity contribution is -0.387. The zero-order valence-corrected chi connectivity index (χ0v) is 13.7. The van der Waals surface area contributed by atoms with E-state index >= 15 is 0 Å². The lowest BCUT2D eigenvalue weighted by Gasteiger charge is -2.22. The van der Waals surface area contributed by atoms with Gasteiger partial charge in [0.15, 0.2) is 5.78 Å². The first-order valence-corrected chi connectivity index (χ1v) is 8.20. The number of ketones is 1. The van der Waals surface area contributed by atoms with E-state index in [1.165, 1.54) is 13.0 Å². The van der Waals surface area contributed by atoms with Crippen LogP contribution < -0.4 is 0 Å². The van der Waals surface area contributed by atoms with Gasteiger partial charge in [0.05, 0.1) is 15.9 Å². The van der Waals surface area contributed by atoms with E-state index < -0.39 is 4.92 Å². The van der Waals surface area contributed by atoms with Gasteiger partial charge in [0.25, 0.3) is 5.69 Å². The second kappa shape index (κ2) is 7.05. The molecule has 0 atom stereocenters. The van der Waals surface area contributed by atoms with Crippen molar-refractivity contribution in [3.05, 3.63) is 33.9 Å². The maximum atomic E-state index is 11.4. The lowest BCUT2D eigenvalue weighted by Crippen LogP contribution is -2.21. The zero-order chi connectivity index (χ0) is 17.1. The molecule has 10 heteroatoms. The normalized spacial score (nSPS) is 15.4. The third-order valence-electron chi connectivity index (χ3n) is 3.76. The number of carbonyl (C=O) groups is 1. The van der Waals surface area contributed by atoms with Crippen molar-refractivity contribution in [1.82, 2.24) is 20.2 Å². The van der Waals surface area contributed by atoms with Gasteiger partial charge >= 0.3 is 0 Å². The van der Waals surface area contributed by atoms with Crippen molar-refractivity contribution in [2.45, 2.75) is 35.9 Å². The molecule has 1 aromatic heterocycles. The Labute approximate surface area is 141 Å². The second-order valence-electron chi connectivity index (χ2n) is 5.35. The topological polar surface area (TPSA) is 113 Å². The van der Waals surface area contributed by atoms with E-state index in [1.807, 2.05) is 0 Å². The maximum Gasteiger partial charge on any atom is 0.284 e. The minimum atomic E-state index is -0.503. The van der Waals surface area contributed by atoms with Crippen molar-refractivity contribution < 1.29 is 14.5 Å². The molecule has 1 aliphatic heterocycles. The summed E-state index contributed by atoms with van der Waals surface area (Å²) in [5, 5.41) is 23.5. The van der Waals surface area contributed by atoms with Gasteiger partial charge in [-0.15, -0.1) is 5.10 Å². The Kier molecular flexibility index (Phi) is 4.86. The molecule has 2 heterocycles. The highest BCUT2D eigenvalue weighted by atomic mass is 32.2. The molecule has 1 aromatic carbocycles. The predicted octanol–water partition coefficient (Wildman–Crippen LogP) is 2.29. The third-order valence-corrected chi connectivity index (χ3v) is 4.78. The van der Waals surface area contributed by atoms with Gasteiger partial charge in [-0.05, 0) is 54.1 Å². The van der Waals surface area contributed by atoms with Crippen LogP contribution >= 0.6 is 11.8 Å². The average molecular weight is 349 g/mol. The summed E-state index contributed by atoms with van der Waals surface area (Å²) in [4.78, 5) is 22.6. The van der Waals surface area contributed by atoms with Crippen LogP contribution in [0.4, 0.5) is 5.69 Å². The Morgan fingerprint density at radius 3 is 2.83 bits per heavy atom. The van der Waals surface area contributed by atoms with Crippen LogP contribution in [0.25, 0.3) is 0 Å². The van der Waals surface area contributed by atoms with E-state index in [1.54, 1.807) is 16.8 Å². The first-order chi connectivity index (χ1) is 11.6. The summed E-state index contributed by atoms with van der Waals surface area (Å²) in [5.74, 6) is -0.221. The number of nitro groups is 1. The van der Waals surface area contributed by atoms with Crippen LogP contribution in [0.15, 0.2) is 28.3 Å². The number of tetrazole rings is 1. The van der Waals surface area contributed by atoms with Crippen molar-refractivity contribution in [2.24, 2.45) is 0 Å². The number of Topliss-reactive ketones (excluding diaryl/α,β-unsaturated/α-hetero) is 1. The van der Waals surface area contributed by atoms with Crippen LogP contribution in [0.2, 0.25) is 0 Å². The summed E-state index contributed by atoms with van der Waals surface area (Å²) in [6.45, 7) is 2.65. The molecule has 2 aromatic rings. The standard InChI is InChI=1S/C14H15N5O4S/c1-9(20)10-2-3-13(12(8-10)19(21)22)24-14-15-16-17-18(14)11-4-6-23-7-5-11/h2-3,8,11H,4-7H2,1H3. The SMILES string of the molecule is CC(=O)c1ccc(Sc2nnnn2C2CCOCC2)c([N+](=O)[O-])c1. The number of nitro benzene ring substituents is 1. The van der Waals surface area contributed by atoms with Crippen LogP contribution in [0.1, 0.15) is 36.2 Å². The van der Waals surface area contributed by atoms with Gasteiger partial charge in [0.2, 0.25) is 5.16 Å². The molecule has 0 spiro atoms. The Hall–Kier alpha value is -2.33. The molecule has 1 saturated heterocycles. The molecule has 0 N–H and O–H groups in total. The Morgan fingerprint density at radius 1 is 1.42 bits per heavy atom. The smallest absolute Gasteiger partial charge is 0.284 e. The Balaban J connectivity index is 1.90. The van der Waals surface area contributed by atoms with Crippen molar-refractivity contribution in [1.29, 1.82) is 0 Å². The fourth-order valence-corrected chi connectivity index (χ4v) is 3.40. The highest BCUT2D eigenvalue weighted by Gasteiger charge is 2.24. The lowest BCUT2D eigenvalue weighted by atomic mass is 10.1. The zero-order valence-electron chi connectivity index (χ0n) is 12.9. The van der Waals surface area contributed by atoms with Gasteiger partial charge in [-0.25, -0.2) is 4.68 Å². The first kappa shape index (κ1) is 16.5. The van der Waals surface area contributed by atoms with Crippen molar-refractivity contribution in [3.8, 4) is 0 Å². The molecule has 1 fully saturated rings. The molecule has 1 aliphatic rings. The minimum Gasteiger partial charge on any atom is -0.381 e. The second-order valence-corrected chi connectivity index (χ2v) is 6.36. The summed E-state index contributed by atoms with van der Waals surface area (Å²) < 4.78 is 7.02. The van der Waals surface area contributed by atoms with Gasteiger partial charge < -0.3 is 4.74 Å². The van der Waals surface area contributed by atoms with Gasteiger partial charge in [0.1, 0.15) is 0 Å². The summed E-state index contributed by atoms with van der Waals surface area (Å²) >= 11 is 1.12. The van der Waals surface area contributed by atoms with E-state index in [0.717, 1.165) is 24.6 Å². The number of aromatic nitrogens is 4. The molecule has 24 heavy (non-hydrogen) atoms. The number of carbonyl (C=O) groups excluding carboxylic acids is 1. The maximum absolute atomic E-state index is 11.4. The molecule has 0 radical (unpaired) electrons. The first-order valence-electron chi connectivity index (χ1n) is 7.39. The minimum absolute atomic E-state index is 0.117. The van der Waals surface area contributed by atoms with Crippen LogP contribution in [0.3, 0.4) is 0 Å². The quantitative estimate of drug-likeness (QED) is 0.459. The molecule has 0 amide bonds. The molecule has 126 valence electrons. The summed E-state index contributed by atoms with van der Waals surface area (Å²) in [6.07, 6.45) is 1.59. The van der Waals surface area contributed by atoms with Gasteiger partial charge in [-0.1, -0.05) is 0 Å². The van der Waals surface area contributed by atoms with E-state index in [-0.39, 0.29) is 17.5 Å². The van der Waals surface area contributed by atoms with Crippen molar-refractivity contribution >= 4 is 23.2 Å². The van der Waals surface area contributed by atoms with Gasteiger partial charge in [0, 0.05) is 24.8 Å². The monoisotopic (exact) mass is 349 g/mol. The molecular weight excluding hydrogens is 334 g/mol. The van der Waals surface area contributed by atoms with Crippen LogP contribution in [0.5, 0.6) is 0 Å². The third kappa shape index (κ3) is 3.44. The van der Waals surface area contributed by atoms with Crippen LogP contribution in [0, 0.1) is 10.1 Å². The fourth-order valence-electron chi connectivity index (χ4n) is 2.48. The van der Waals surface area contributed by atoms with E-state index in [2.05, 4.69) is 15.5 Å². The van der Waals surface area contributed by atoms with Crippen LogP contribution in [-0.4, -0.2) is 44.1 Å². The predicted molar refractivity (Wildman–Crippen MR) is 84.1 cm³/mol. The number of nitrogens with zero attached hydrogens (tertiary/aromatic N) is 5. The average Bonchev–Trinajstić information content (AvgIpc) is 3.03. The molecular formula is C14H15N5O4S. The van der Waals surface area contributed by atoms with Crippen molar-refractivity contribution in [2.75, 3.05) is 13.2 Å². The molecule has 0 bridgehead atoms. The summed E-state index contributed by atoms with van der Waals surface area (Å²) in [5.41, 5.74) is 0.171. The molecule has 3 rings (SSSR count). The number of hydrogen-bond acceptors (Lipinski definition) is 8. The fraction of sp³-hybridized carbons (Fsp3) is 0.429. The highest BCUT2D eigenvalue weighted by Crippen LogP contribution is 2.36. The highest BCUT2D eigenvalue weighted by molar-refractivity contribution is 7.99. The number of hydrogen-bond donors (Lipinski definition) is 0. The molecule has 9 nitrogen and oxygen atoms in total.